The van der Waals surface area contributed by atoms with Crippen LogP contribution >= 0.6 is 0 Å². The molecule has 14 heteroatoms. The van der Waals surface area contributed by atoms with E-state index in [-0.39, 0.29) is 64.0 Å². The van der Waals surface area contributed by atoms with Crippen molar-refractivity contribution < 1.29 is 38.9 Å². The summed E-state index contributed by atoms with van der Waals surface area (Å²) in [7, 11) is 4.20. The topological polar surface area (TPSA) is 190 Å². The molecule has 1 heterocycles. The molecule has 0 radical (unpaired) electrons. The summed E-state index contributed by atoms with van der Waals surface area (Å²) in [6, 6.07) is 6.58. The molecule has 4 aliphatic rings. The number of anilines is 2. The number of nitro benzene ring substituents is 2. The van der Waals surface area contributed by atoms with E-state index in [4.69, 9.17) is 4.74 Å². The van der Waals surface area contributed by atoms with Gasteiger partial charge in [0, 0.05) is 48.9 Å². The SMILES string of the molecule is COc1ccc(C2C3=CCC4C(=O)N(c5cc([N+](=O)[O-])c(N(C)C)c([N+](=O)[O-])c5)C(=O)C4C3CC3=C2C(=O)C=C(C)C3=O)cc1O. The minimum absolute atomic E-state index is 0.0105. The monoisotopic (exact) mass is 628 g/mol. The molecule has 2 aromatic carbocycles. The largest absolute Gasteiger partial charge is 0.504 e. The zero-order valence-corrected chi connectivity index (χ0v) is 25.2. The number of carbonyl (C=O) groups excluding carboxylic acids is 4. The number of amides is 2. The van der Waals surface area contributed by atoms with Crippen LogP contribution in [-0.4, -0.2) is 59.5 Å². The number of nitrogens with zero attached hydrogens (tertiary/aromatic N) is 4. The molecule has 236 valence electrons. The van der Waals surface area contributed by atoms with Gasteiger partial charge in [0.05, 0.1) is 34.5 Å². The number of aromatic hydroxyl groups is 1. The third kappa shape index (κ3) is 4.39. The first-order valence-electron chi connectivity index (χ1n) is 14.4. The normalized spacial score (nSPS) is 23.8. The van der Waals surface area contributed by atoms with Crippen molar-refractivity contribution in [1.82, 2.24) is 0 Å². The van der Waals surface area contributed by atoms with Crippen LogP contribution in [0.2, 0.25) is 0 Å². The van der Waals surface area contributed by atoms with Crippen LogP contribution in [0.15, 0.2) is 64.8 Å². The van der Waals surface area contributed by atoms with Gasteiger partial charge in [-0.25, -0.2) is 4.90 Å². The lowest BCUT2D eigenvalue weighted by molar-refractivity contribution is -0.392. The maximum absolute atomic E-state index is 14.2. The lowest BCUT2D eigenvalue weighted by atomic mass is 9.59. The van der Waals surface area contributed by atoms with Crippen molar-refractivity contribution in [2.75, 3.05) is 31.0 Å². The van der Waals surface area contributed by atoms with Gasteiger partial charge in [-0.15, -0.1) is 0 Å². The van der Waals surface area contributed by atoms with E-state index in [0.29, 0.717) is 11.1 Å². The average Bonchev–Trinajstić information content (AvgIpc) is 3.27. The molecule has 3 aliphatic carbocycles. The lowest BCUT2D eigenvalue weighted by Crippen LogP contribution is -2.39. The molecular weight excluding hydrogens is 600 g/mol. The van der Waals surface area contributed by atoms with Gasteiger partial charge in [-0.05, 0) is 49.5 Å². The second-order valence-corrected chi connectivity index (χ2v) is 11.9. The molecule has 2 amide bonds. The first kappa shape index (κ1) is 30.4. The summed E-state index contributed by atoms with van der Waals surface area (Å²) in [4.78, 5) is 79.3. The highest BCUT2D eigenvalue weighted by Gasteiger charge is 2.57. The highest BCUT2D eigenvalue weighted by Crippen LogP contribution is 2.56. The maximum atomic E-state index is 14.2. The van der Waals surface area contributed by atoms with Crippen LogP contribution in [-0.2, 0) is 19.2 Å². The number of allylic oxidation sites excluding steroid dienone is 6. The fourth-order valence-corrected chi connectivity index (χ4v) is 7.36. The summed E-state index contributed by atoms with van der Waals surface area (Å²) in [6.07, 6.45) is 3.12. The molecule has 0 spiro atoms. The molecule has 4 unspecified atom stereocenters. The standard InChI is InChI=1S/C32H28N4O10/c1-14-9-24(38)28-20(30(14)39)13-19-17(26(28)15-5-8-25(46-4)23(37)10-15)6-7-18-27(19)32(41)34(31(18)40)16-11-21(35(42)43)29(33(2)3)22(12-16)36(44)45/h5-6,8-12,18-19,26-27,37H,7,13H2,1-4H3. The number of benzene rings is 2. The van der Waals surface area contributed by atoms with Crippen LogP contribution in [0.1, 0.15) is 31.2 Å². The van der Waals surface area contributed by atoms with Crippen molar-refractivity contribution >= 4 is 46.1 Å². The van der Waals surface area contributed by atoms with Crippen molar-refractivity contribution in [2.45, 2.75) is 25.7 Å². The predicted octanol–water partition coefficient (Wildman–Crippen LogP) is 3.92. The number of ketones is 2. The number of Topliss-reactive ketones (excluding diaryl/α,β-unsaturated/α-hetero) is 1. The van der Waals surface area contributed by atoms with Gasteiger partial charge >= 0.3 is 11.4 Å². The van der Waals surface area contributed by atoms with Gasteiger partial charge < -0.3 is 14.7 Å². The second kappa shape index (κ2) is 10.8. The number of phenols is 1. The molecule has 0 bridgehead atoms. The number of ether oxygens (including phenoxy) is 1. The molecule has 1 aliphatic heterocycles. The molecule has 0 saturated carbocycles. The Kier molecular flexibility index (Phi) is 7.10. The fourth-order valence-electron chi connectivity index (χ4n) is 7.36. The predicted molar refractivity (Wildman–Crippen MR) is 163 cm³/mol. The van der Waals surface area contributed by atoms with Crippen LogP contribution in [0.4, 0.5) is 22.7 Å². The first-order chi connectivity index (χ1) is 21.8. The molecule has 46 heavy (non-hydrogen) atoms. The minimum atomic E-state index is -1.02. The smallest absolute Gasteiger partial charge is 0.301 e. The number of carbonyl (C=O) groups is 4. The second-order valence-electron chi connectivity index (χ2n) is 11.9. The van der Waals surface area contributed by atoms with Crippen molar-refractivity contribution in [2.24, 2.45) is 17.8 Å². The van der Waals surface area contributed by atoms with Crippen LogP contribution in [0.25, 0.3) is 0 Å². The van der Waals surface area contributed by atoms with Gasteiger partial charge in [-0.3, -0.25) is 39.4 Å². The van der Waals surface area contributed by atoms with Crippen molar-refractivity contribution in [3.8, 4) is 11.5 Å². The number of nitro groups is 2. The molecule has 2 aromatic rings. The van der Waals surface area contributed by atoms with E-state index in [2.05, 4.69) is 0 Å². The molecule has 1 saturated heterocycles. The van der Waals surface area contributed by atoms with Gasteiger partial charge in [0.1, 0.15) is 0 Å². The minimum Gasteiger partial charge on any atom is -0.504 e. The molecule has 0 aromatic heterocycles. The third-order valence-electron chi connectivity index (χ3n) is 9.25. The Balaban J connectivity index is 1.49. The number of methoxy groups -OCH3 is 1. The average molecular weight is 629 g/mol. The Morgan fingerprint density at radius 3 is 2.20 bits per heavy atom. The van der Waals surface area contributed by atoms with E-state index in [0.717, 1.165) is 17.0 Å². The highest BCUT2D eigenvalue weighted by atomic mass is 16.6. The summed E-state index contributed by atoms with van der Waals surface area (Å²) < 4.78 is 5.17. The Labute approximate surface area is 261 Å². The number of hydrogen-bond acceptors (Lipinski definition) is 11. The quantitative estimate of drug-likeness (QED) is 0.160. The van der Waals surface area contributed by atoms with Crippen molar-refractivity contribution in [3.63, 3.8) is 0 Å². The highest BCUT2D eigenvalue weighted by molar-refractivity contribution is 6.25. The maximum Gasteiger partial charge on any atom is 0.301 e. The zero-order valence-electron chi connectivity index (χ0n) is 25.2. The molecule has 14 nitrogen and oxygen atoms in total. The first-order valence-corrected chi connectivity index (χ1v) is 14.4. The lowest BCUT2D eigenvalue weighted by Gasteiger charge is -2.42. The summed E-state index contributed by atoms with van der Waals surface area (Å²) in [5, 5.41) is 34.6. The van der Waals surface area contributed by atoms with E-state index in [1.807, 2.05) is 0 Å². The molecule has 1 N–H and O–H groups in total. The summed E-state index contributed by atoms with van der Waals surface area (Å²) in [6.45, 7) is 1.52. The molecular formula is C32H28N4O10. The molecule has 6 rings (SSSR count). The van der Waals surface area contributed by atoms with Crippen molar-refractivity contribution in [3.05, 3.63) is 90.6 Å². The number of rotatable bonds is 6. The number of imide groups is 1. The van der Waals surface area contributed by atoms with E-state index in [1.165, 1.54) is 51.2 Å². The van der Waals surface area contributed by atoms with Gasteiger partial charge in [-0.1, -0.05) is 17.7 Å². The van der Waals surface area contributed by atoms with Gasteiger partial charge in [0.25, 0.3) is 0 Å². The number of fused-ring (bicyclic) bond motifs is 3. The van der Waals surface area contributed by atoms with E-state index >= 15 is 0 Å². The van der Waals surface area contributed by atoms with Crippen molar-refractivity contribution in [1.29, 1.82) is 0 Å². The summed E-state index contributed by atoms with van der Waals surface area (Å²) in [5.74, 6) is -5.58. The molecule has 1 fully saturated rings. The van der Waals surface area contributed by atoms with Crippen LogP contribution < -0.4 is 14.5 Å². The van der Waals surface area contributed by atoms with Crippen LogP contribution in [0, 0.1) is 38.0 Å². The van der Waals surface area contributed by atoms with Gasteiger partial charge in [0.15, 0.2) is 28.8 Å². The summed E-state index contributed by atoms with van der Waals surface area (Å²) >= 11 is 0. The fraction of sp³-hybridized carbons (Fsp3) is 0.312. The van der Waals surface area contributed by atoms with E-state index in [9.17, 15) is 44.5 Å². The summed E-state index contributed by atoms with van der Waals surface area (Å²) in [5.41, 5.74) is -0.0992. The Bertz CT molecular complexity index is 1870. The van der Waals surface area contributed by atoms with Crippen LogP contribution in [0.3, 0.4) is 0 Å². The Morgan fingerprint density at radius 1 is 0.978 bits per heavy atom. The Morgan fingerprint density at radius 2 is 1.63 bits per heavy atom. The zero-order chi connectivity index (χ0) is 33.4. The van der Waals surface area contributed by atoms with Crippen LogP contribution in [0.5, 0.6) is 11.5 Å². The number of phenolic OH excluding ortho intramolecular Hbond substituents is 1. The molecule has 4 atom stereocenters. The van der Waals surface area contributed by atoms with Gasteiger partial charge in [0.2, 0.25) is 11.8 Å². The van der Waals surface area contributed by atoms with Gasteiger partial charge in [-0.2, -0.15) is 0 Å². The third-order valence-corrected chi connectivity index (χ3v) is 9.25. The van der Waals surface area contributed by atoms with E-state index in [1.54, 1.807) is 12.1 Å². The Hall–Kier alpha value is -5.66. The van der Waals surface area contributed by atoms with E-state index < -0.39 is 56.7 Å². The number of hydrogen-bond donors (Lipinski definition) is 1.